The number of carbonyl (C=O) groups excluding carboxylic acids is 1. The van der Waals surface area contributed by atoms with Gasteiger partial charge in [0.05, 0.1) is 11.3 Å². The second-order valence-electron chi connectivity index (χ2n) is 8.49. The minimum absolute atomic E-state index is 0.454. The molecule has 0 spiro atoms. The molecular weight excluding hydrogens is 533 g/mol. The van der Waals surface area contributed by atoms with Crippen LogP contribution in [-0.4, -0.2) is 5.97 Å². The van der Waals surface area contributed by atoms with Crippen LogP contribution in [0, 0.1) is 6.92 Å². The molecular formula is C29H25F3O4S2. The molecule has 38 heavy (non-hydrogen) atoms. The summed E-state index contributed by atoms with van der Waals surface area (Å²) in [6, 6.07) is 22.6. The molecule has 0 N–H and O–H groups in total. The largest absolute Gasteiger partial charge is 0.460 e. The van der Waals surface area contributed by atoms with Crippen LogP contribution in [0.3, 0.4) is 0 Å². The maximum absolute atomic E-state index is 13.0. The number of furan rings is 1. The van der Waals surface area contributed by atoms with Crippen LogP contribution in [0.4, 0.5) is 13.2 Å². The van der Waals surface area contributed by atoms with Crippen molar-refractivity contribution in [3.63, 3.8) is 0 Å². The molecule has 0 unspecified atom stereocenters. The number of benzene rings is 3. The van der Waals surface area contributed by atoms with Crippen LogP contribution in [0.25, 0.3) is 11.3 Å². The minimum Gasteiger partial charge on any atom is -0.460 e. The lowest BCUT2D eigenvalue weighted by molar-refractivity contribution is -0.211. The van der Waals surface area contributed by atoms with Gasteiger partial charge < -0.3 is 4.42 Å². The van der Waals surface area contributed by atoms with Crippen molar-refractivity contribution in [2.24, 2.45) is 0 Å². The summed E-state index contributed by atoms with van der Waals surface area (Å²) < 4.78 is 45.2. The second-order valence-corrected chi connectivity index (χ2v) is 10.5. The molecule has 0 saturated heterocycles. The van der Waals surface area contributed by atoms with Crippen molar-refractivity contribution >= 4 is 29.5 Å². The van der Waals surface area contributed by atoms with Crippen LogP contribution in [0.15, 0.2) is 88.2 Å². The fraction of sp³-hybridized carbons (Fsp3) is 0.207. The van der Waals surface area contributed by atoms with Gasteiger partial charge in [-0.05, 0) is 54.4 Å². The van der Waals surface area contributed by atoms with E-state index in [1.807, 2.05) is 43.3 Å². The highest BCUT2D eigenvalue weighted by Crippen LogP contribution is 2.36. The summed E-state index contributed by atoms with van der Waals surface area (Å²) in [4.78, 5) is 21.6. The third-order valence-corrected chi connectivity index (χ3v) is 7.57. The predicted molar refractivity (Wildman–Crippen MR) is 144 cm³/mol. The van der Waals surface area contributed by atoms with Crippen LogP contribution >= 0.6 is 23.5 Å². The van der Waals surface area contributed by atoms with E-state index in [0.717, 1.165) is 39.7 Å². The van der Waals surface area contributed by atoms with Crippen molar-refractivity contribution in [1.29, 1.82) is 0 Å². The Labute approximate surface area is 227 Å². The zero-order chi connectivity index (χ0) is 27.1. The van der Waals surface area contributed by atoms with Gasteiger partial charge in [0, 0.05) is 34.5 Å². The average Bonchev–Trinajstić information content (AvgIpc) is 3.30. The second kappa shape index (κ2) is 12.5. The van der Waals surface area contributed by atoms with Crippen LogP contribution < -0.4 is 4.89 Å². The van der Waals surface area contributed by atoms with E-state index in [-0.39, 0.29) is 0 Å². The Morgan fingerprint density at radius 3 is 2.32 bits per heavy atom. The van der Waals surface area contributed by atoms with Crippen molar-refractivity contribution in [3.8, 4) is 17.1 Å². The molecule has 0 aliphatic heterocycles. The molecule has 0 aliphatic carbocycles. The van der Waals surface area contributed by atoms with Gasteiger partial charge >= 0.3 is 12.1 Å². The first-order chi connectivity index (χ1) is 18.2. The van der Waals surface area contributed by atoms with Gasteiger partial charge in [-0.25, -0.2) is 4.79 Å². The van der Waals surface area contributed by atoms with Gasteiger partial charge in [-0.2, -0.15) is 13.2 Å². The average molecular weight is 559 g/mol. The summed E-state index contributed by atoms with van der Waals surface area (Å²) in [6.07, 6.45) is -4.39. The Bertz CT molecular complexity index is 1370. The Balaban J connectivity index is 1.50. The normalized spacial score (nSPS) is 11.4. The number of hydrogen-bond acceptors (Lipinski definition) is 6. The molecule has 1 heterocycles. The van der Waals surface area contributed by atoms with E-state index in [0.29, 0.717) is 28.6 Å². The first-order valence-corrected chi connectivity index (χ1v) is 13.8. The lowest BCUT2D eigenvalue weighted by atomic mass is 10.1. The Kier molecular flexibility index (Phi) is 9.12. The van der Waals surface area contributed by atoms with Gasteiger partial charge in [0.2, 0.25) is 0 Å². The highest BCUT2D eigenvalue weighted by Gasteiger charge is 2.30. The van der Waals surface area contributed by atoms with E-state index < -0.39 is 17.7 Å². The number of alkyl halides is 3. The number of halogens is 3. The molecule has 0 saturated carbocycles. The first kappa shape index (κ1) is 27.7. The van der Waals surface area contributed by atoms with Crippen LogP contribution in [0.5, 0.6) is 5.75 Å². The van der Waals surface area contributed by atoms with E-state index >= 15 is 0 Å². The van der Waals surface area contributed by atoms with Gasteiger partial charge in [-0.1, -0.05) is 42.5 Å². The van der Waals surface area contributed by atoms with E-state index in [4.69, 9.17) is 9.30 Å². The number of rotatable bonds is 10. The maximum atomic E-state index is 13.0. The van der Waals surface area contributed by atoms with Crippen molar-refractivity contribution in [3.05, 3.63) is 107 Å². The number of carbonyl (C=O) groups is 1. The molecule has 0 atom stereocenters. The Morgan fingerprint density at radius 2 is 1.66 bits per heavy atom. The smallest absolute Gasteiger partial charge is 0.416 e. The van der Waals surface area contributed by atoms with Gasteiger partial charge in [0.25, 0.3) is 0 Å². The van der Waals surface area contributed by atoms with E-state index in [9.17, 15) is 18.0 Å². The summed E-state index contributed by atoms with van der Waals surface area (Å²) in [6.45, 7) is 3.12. The lowest BCUT2D eigenvalue weighted by Crippen LogP contribution is -2.03. The van der Waals surface area contributed by atoms with Gasteiger partial charge in [0.15, 0.2) is 5.75 Å². The SMILES string of the molecule is CC(=O)OOc1ccc(SCc2cc(-c3ccc(C(F)(F)F)cc3)oc2CSCc2ccccc2)cc1C. The molecule has 1 aromatic heterocycles. The van der Waals surface area contributed by atoms with Crippen molar-refractivity contribution < 1.29 is 32.2 Å². The van der Waals surface area contributed by atoms with Crippen LogP contribution in [0.2, 0.25) is 0 Å². The van der Waals surface area contributed by atoms with E-state index in [1.54, 1.807) is 29.6 Å². The van der Waals surface area contributed by atoms with Gasteiger partial charge in [-0.15, -0.1) is 23.5 Å². The highest BCUT2D eigenvalue weighted by atomic mass is 32.2. The lowest BCUT2D eigenvalue weighted by Gasteiger charge is -2.08. The summed E-state index contributed by atoms with van der Waals surface area (Å²) in [5.41, 5.74) is 2.88. The molecule has 4 rings (SSSR count). The van der Waals surface area contributed by atoms with E-state index in [1.165, 1.54) is 24.6 Å². The molecule has 0 bridgehead atoms. The molecule has 4 aromatic rings. The maximum Gasteiger partial charge on any atom is 0.416 e. The summed E-state index contributed by atoms with van der Waals surface area (Å²) >= 11 is 3.31. The zero-order valence-electron chi connectivity index (χ0n) is 20.7. The standard InChI is InChI=1S/C29H25F3O4S2/c1-19-14-25(12-13-26(19)36-35-20(2)33)38-17-23-15-27(22-8-10-24(11-9-22)29(30,31)32)34-28(23)18-37-16-21-6-4-3-5-7-21/h3-15H,16-18H2,1-2H3. The third-order valence-electron chi connectivity index (χ3n) is 5.53. The molecule has 0 radical (unpaired) electrons. The van der Waals surface area contributed by atoms with Crippen LogP contribution in [0.1, 0.15) is 34.9 Å². The first-order valence-electron chi connectivity index (χ1n) is 11.7. The summed E-state index contributed by atoms with van der Waals surface area (Å²) in [5.74, 6) is 3.28. The molecule has 4 nitrogen and oxygen atoms in total. The third kappa shape index (κ3) is 7.61. The Hall–Kier alpha value is -3.30. The minimum atomic E-state index is -4.39. The number of hydrogen-bond donors (Lipinski definition) is 0. The summed E-state index contributed by atoms with van der Waals surface area (Å²) in [5, 5.41) is 0. The monoisotopic (exact) mass is 558 g/mol. The topological polar surface area (TPSA) is 48.7 Å². The van der Waals surface area contributed by atoms with E-state index in [2.05, 4.69) is 17.0 Å². The van der Waals surface area contributed by atoms with Crippen molar-refractivity contribution in [2.45, 2.75) is 42.2 Å². The zero-order valence-corrected chi connectivity index (χ0v) is 22.3. The van der Waals surface area contributed by atoms with Gasteiger partial charge in [0.1, 0.15) is 11.5 Å². The number of aryl methyl sites for hydroxylation is 1. The molecule has 9 heteroatoms. The number of thioether (sulfide) groups is 2. The summed E-state index contributed by atoms with van der Waals surface area (Å²) in [7, 11) is 0. The van der Waals surface area contributed by atoms with Crippen LogP contribution in [-0.2, 0) is 33.1 Å². The van der Waals surface area contributed by atoms with Crippen molar-refractivity contribution in [2.75, 3.05) is 0 Å². The molecule has 3 aromatic carbocycles. The molecule has 198 valence electrons. The quantitative estimate of drug-likeness (QED) is 0.110. The molecule has 0 fully saturated rings. The molecule has 0 aliphatic rings. The van der Waals surface area contributed by atoms with Gasteiger partial charge in [-0.3, -0.25) is 9.78 Å². The fourth-order valence-corrected chi connectivity index (χ4v) is 5.53. The predicted octanol–water partition coefficient (Wildman–Crippen LogP) is 8.86. The highest BCUT2D eigenvalue weighted by molar-refractivity contribution is 7.98. The fourth-order valence-electron chi connectivity index (χ4n) is 3.58. The van der Waals surface area contributed by atoms with Crippen molar-refractivity contribution in [1.82, 2.24) is 0 Å². The Morgan fingerprint density at radius 1 is 0.921 bits per heavy atom. The molecule has 0 amide bonds.